The Balaban J connectivity index is 1.91. The summed E-state index contributed by atoms with van der Waals surface area (Å²) in [5, 5.41) is 0. The summed E-state index contributed by atoms with van der Waals surface area (Å²) in [5.41, 5.74) is 3.05. The number of hydrogen-bond donors (Lipinski definition) is 0. The summed E-state index contributed by atoms with van der Waals surface area (Å²) in [5.74, 6) is 1.69. The molecule has 0 aromatic heterocycles. The van der Waals surface area contributed by atoms with Gasteiger partial charge in [0.1, 0.15) is 5.75 Å². The Morgan fingerprint density at radius 2 is 2.33 bits per heavy atom. The lowest BCUT2D eigenvalue weighted by Crippen LogP contribution is -2.35. The van der Waals surface area contributed by atoms with Crippen molar-refractivity contribution in [2.45, 2.75) is 31.2 Å². The molecule has 0 radical (unpaired) electrons. The van der Waals surface area contributed by atoms with Crippen LogP contribution in [0.2, 0.25) is 0 Å². The molecule has 1 aliphatic heterocycles. The van der Waals surface area contributed by atoms with E-state index in [1.165, 1.54) is 36.9 Å². The molecule has 2 atom stereocenters. The van der Waals surface area contributed by atoms with E-state index in [4.69, 9.17) is 4.74 Å². The molecule has 1 heterocycles. The number of rotatable bonds is 3. The predicted octanol–water partition coefficient (Wildman–Crippen LogP) is 2.99. The van der Waals surface area contributed by atoms with Gasteiger partial charge in [0.15, 0.2) is 0 Å². The quantitative estimate of drug-likeness (QED) is 0.757. The number of nitrogens with zero attached hydrogens (tertiary/aromatic N) is 1. The molecule has 1 aromatic rings. The number of fused-ring (bicyclic) bond motifs is 3. The van der Waals surface area contributed by atoms with Gasteiger partial charge in [-0.15, -0.1) is 6.58 Å². The molecule has 3 rings (SSSR count). The van der Waals surface area contributed by atoms with Gasteiger partial charge in [-0.25, -0.2) is 0 Å². The van der Waals surface area contributed by atoms with Crippen molar-refractivity contribution in [3.63, 3.8) is 0 Å². The number of ether oxygens (including phenoxy) is 1. The Kier molecular flexibility index (Phi) is 3.13. The van der Waals surface area contributed by atoms with E-state index in [2.05, 4.69) is 29.7 Å². The molecule has 2 nitrogen and oxygen atoms in total. The van der Waals surface area contributed by atoms with Crippen LogP contribution in [0.15, 0.2) is 30.9 Å². The van der Waals surface area contributed by atoms with Gasteiger partial charge in [0.25, 0.3) is 0 Å². The summed E-state index contributed by atoms with van der Waals surface area (Å²) in [6.07, 6.45) is 5.80. The Morgan fingerprint density at radius 1 is 1.44 bits per heavy atom. The summed E-state index contributed by atoms with van der Waals surface area (Å²) < 4.78 is 5.37. The molecule has 2 aliphatic rings. The fourth-order valence-electron chi connectivity index (χ4n) is 3.63. The maximum Gasteiger partial charge on any atom is 0.119 e. The topological polar surface area (TPSA) is 12.5 Å². The molecule has 0 spiro atoms. The van der Waals surface area contributed by atoms with E-state index in [1.807, 2.05) is 6.08 Å². The lowest BCUT2D eigenvalue weighted by Gasteiger charge is -2.33. The summed E-state index contributed by atoms with van der Waals surface area (Å²) in [7, 11) is 1.75. The second-order valence-electron chi connectivity index (χ2n) is 5.35. The van der Waals surface area contributed by atoms with E-state index in [0.717, 1.165) is 12.3 Å². The van der Waals surface area contributed by atoms with Gasteiger partial charge in [0, 0.05) is 18.5 Å². The normalized spacial score (nSPS) is 26.5. The van der Waals surface area contributed by atoms with Crippen LogP contribution in [0.5, 0.6) is 5.75 Å². The highest BCUT2D eigenvalue weighted by molar-refractivity contribution is 5.41. The van der Waals surface area contributed by atoms with E-state index in [0.29, 0.717) is 12.0 Å². The van der Waals surface area contributed by atoms with Gasteiger partial charge in [-0.1, -0.05) is 12.1 Å². The van der Waals surface area contributed by atoms with Crippen molar-refractivity contribution in [2.24, 2.45) is 0 Å². The second kappa shape index (κ2) is 4.77. The zero-order valence-corrected chi connectivity index (χ0v) is 11.1. The molecular weight excluding hydrogens is 222 g/mol. The van der Waals surface area contributed by atoms with E-state index in [-0.39, 0.29) is 0 Å². The van der Waals surface area contributed by atoms with Crippen molar-refractivity contribution in [3.05, 3.63) is 42.0 Å². The minimum atomic E-state index is 0.698. The van der Waals surface area contributed by atoms with E-state index < -0.39 is 0 Å². The van der Waals surface area contributed by atoms with Crippen LogP contribution in [-0.4, -0.2) is 31.1 Å². The van der Waals surface area contributed by atoms with E-state index in [1.54, 1.807) is 7.11 Å². The van der Waals surface area contributed by atoms with Crippen LogP contribution in [0.1, 0.15) is 29.9 Å². The summed E-state index contributed by atoms with van der Waals surface area (Å²) >= 11 is 0. The molecule has 0 unspecified atom stereocenters. The van der Waals surface area contributed by atoms with Crippen molar-refractivity contribution < 1.29 is 4.74 Å². The molecular formula is C16H21NO. The first-order chi connectivity index (χ1) is 8.83. The predicted molar refractivity (Wildman–Crippen MR) is 74.2 cm³/mol. The molecule has 0 N–H and O–H groups in total. The maximum absolute atomic E-state index is 5.37. The van der Waals surface area contributed by atoms with Gasteiger partial charge in [-0.05, 0) is 49.1 Å². The number of aryl methyl sites for hydroxylation is 1. The highest BCUT2D eigenvalue weighted by Crippen LogP contribution is 2.42. The lowest BCUT2D eigenvalue weighted by atomic mass is 9.79. The van der Waals surface area contributed by atoms with Gasteiger partial charge in [-0.3, -0.25) is 4.90 Å². The molecule has 0 bridgehead atoms. The van der Waals surface area contributed by atoms with Gasteiger partial charge >= 0.3 is 0 Å². The van der Waals surface area contributed by atoms with Crippen LogP contribution in [0.4, 0.5) is 0 Å². The van der Waals surface area contributed by atoms with Crippen LogP contribution in [0.3, 0.4) is 0 Å². The maximum atomic E-state index is 5.37. The third-order valence-corrected chi connectivity index (χ3v) is 4.49. The zero-order chi connectivity index (χ0) is 12.5. The zero-order valence-electron chi connectivity index (χ0n) is 11.1. The standard InChI is InChI=1S/C16H21NO/c1-3-9-17-10-8-14-15-11-13(18-2)6-4-12(15)5-7-16(14)17/h3-4,6,11,14,16H,1,5,7-10H2,2H3/t14-,16-/m1/s1. The van der Waals surface area contributed by atoms with Crippen molar-refractivity contribution >= 4 is 0 Å². The first kappa shape index (κ1) is 11.8. The van der Waals surface area contributed by atoms with Gasteiger partial charge in [0.05, 0.1) is 7.11 Å². The minimum absolute atomic E-state index is 0.698. The molecule has 2 heteroatoms. The Labute approximate surface area is 109 Å². The Bertz CT molecular complexity index is 454. The molecule has 96 valence electrons. The lowest BCUT2D eigenvalue weighted by molar-refractivity contribution is 0.249. The fourth-order valence-corrected chi connectivity index (χ4v) is 3.63. The number of hydrogen-bond acceptors (Lipinski definition) is 2. The molecule has 1 aliphatic carbocycles. The van der Waals surface area contributed by atoms with Crippen LogP contribution in [-0.2, 0) is 6.42 Å². The molecule has 1 aromatic carbocycles. The Hall–Kier alpha value is -1.28. The summed E-state index contributed by atoms with van der Waals surface area (Å²) in [4.78, 5) is 2.58. The number of benzene rings is 1. The third-order valence-electron chi connectivity index (χ3n) is 4.49. The largest absolute Gasteiger partial charge is 0.497 e. The molecule has 0 amide bonds. The highest BCUT2D eigenvalue weighted by Gasteiger charge is 2.37. The average molecular weight is 243 g/mol. The van der Waals surface area contributed by atoms with Crippen LogP contribution < -0.4 is 4.74 Å². The monoisotopic (exact) mass is 243 g/mol. The molecule has 1 saturated heterocycles. The molecule has 1 fully saturated rings. The first-order valence-electron chi connectivity index (χ1n) is 6.85. The fraction of sp³-hybridized carbons (Fsp3) is 0.500. The summed E-state index contributed by atoms with van der Waals surface area (Å²) in [6, 6.07) is 7.31. The van der Waals surface area contributed by atoms with Crippen molar-refractivity contribution in [1.29, 1.82) is 0 Å². The van der Waals surface area contributed by atoms with Gasteiger partial charge in [-0.2, -0.15) is 0 Å². The van der Waals surface area contributed by atoms with E-state index in [9.17, 15) is 0 Å². The highest BCUT2D eigenvalue weighted by atomic mass is 16.5. The van der Waals surface area contributed by atoms with Crippen molar-refractivity contribution in [3.8, 4) is 5.75 Å². The SMILES string of the molecule is C=CCN1CC[C@@H]2c3cc(OC)ccc3CC[C@H]21. The number of methoxy groups -OCH3 is 1. The molecule has 0 saturated carbocycles. The Morgan fingerprint density at radius 3 is 3.11 bits per heavy atom. The van der Waals surface area contributed by atoms with Gasteiger partial charge < -0.3 is 4.74 Å². The second-order valence-corrected chi connectivity index (χ2v) is 5.35. The van der Waals surface area contributed by atoms with Crippen molar-refractivity contribution in [1.82, 2.24) is 4.90 Å². The third kappa shape index (κ3) is 1.85. The van der Waals surface area contributed by atoms with E-state index >= 15 is 0 Å². The van der Waals surface area contributed by atoms with Crippen molar-refractivity contribution in [2.75, 3.05) is 20.2 Å². The summed E-state index contributed by atoms with van der Waals surface area (Å²) in [6.45, 7) is 6.11. The van der Waals surface area contributed by atoms with Crippen LogP contribution in [0.25, 0.3) is 0 Å². The average Bonchev–Trinajstić information content (AvgIpc) is 2.82. The van der Waals surface area contributed by atoms with Crippen LogP contribution >= 0.6 is 0 Å². The van der Waals surface area contributed by atoms with Crippen LogP contribution in [0, 0.1) is 0 Å². The number of likely N-dealkylation sites (tertiary alicyclic amines) is 1. The smallest absolute Gasteiger partial charge is 0.119 e. The van der Waals surface area contributed by atoms with Gasteiger partial charge in [0.2, 0.25) is 0 Å². The minimum Gasteiger partial charge on any atom is -0.497 e. The first-order valence-corrected chi connectivity index (χ1v) is 6.85. The molecule has 18 heavy (non-hydrogen) atoms.